The molecule has 2 aromatic heterocycles. The Morgan fingerprint density at radius 1 is 1.00 bits per heavy atom. The first-order chi connectivity index (χ1) is 19.9. The van der Waals surface area contributed by atoms with Gasteiger partial charge in [-0.05, 0) is 74.9 Å². The van der Waals surface area contributed by atoms with E-state index in [4.69, 9.17) is 28.3 Å². The van der Waals surface area contributed by atoms with E-state index in [2.05, 4.69) is 5.10 Å². The lowest BCUT2D eigenvalue weighted by atomic mass is 10.2. The van der Waals surface area contributed by atoms with Crippen LogP contribution in [0.15, 0.2) is 81.0 Å². The summed E-state index contributed by atoms with van der Waals surface area (Å²) in [5.41, 5.74) is 1.37. The number of hydrogen-bond donors (Lipinski definition) is 0. The SMILES string of the molecule is CCOC(=O)[C@@H](C)Oc1ccc(C=Nn2c(-c3cc4c(OC)cccc4o3)nc3ccccc3c2=O)cc1OCC. The molecule has 0 bridgehead atoms. The first-order valence-electron chi connectivity index (χ1n) is 13.2. The largest absolute Gasteiger partial charge is 0.496 e. The van der Waals surface area contributed by atoms with Gasteiger partial charge in [0.2, 0.25) is 5.82 Å². The molecule has 41 heavy (non-hydrogen) atoms. The Bertz CT molecular complexity index is 1810. The number of carbonyl (C=O) groups excluding carboxylic acids is 1. The van der Waals surface area contributed by atoms with Gasteiger partial charge in [-0.15, -0.1) is 0 Å². The van der Waals surface area contributed by atoms with E-state index in [1.54, 1.807) is 63.4 Å². The maximum absolute atomic E-state index is 13.6. The number of esters is 1. The van der Waals surface area contributed by atoms with Crippen molar-refractivity contribution in [2.24, 2.45) is 5.10 Å². The molecule has 210 valence electrons. The fraction of sp³-hybridized carbons (Fsp3) is 0.226. The van der Waals surface area contributed by atoms with Gasteiger partial charge >= 0.3 is 5.97 Å². The molecule has 0 unspecified atom stereocenters. The van der Waals surface area contributed by atoms with E-state index in [-0.39, 0.29) is 18.0 Å². The molecule has 0 fully saturated rings. The quantitative estimate of drug-likeness (QED) is 0.166. The predicted octanol–water partition coefficient (Wildman–Crippen LogP) is 5.43. The van der Waals surface area contributed by atoms with Gasteiger partial charge in [0.25, 0.3) is 5.56 Å². The molecule has 10 nitrogen and oxygen atoms in total. The number of para-hydroxylation sites is 1. The molecule has 0 aliphatic rings. The highest BCUT2D eigenvalue weighted by Gasteiger charge is 2.20. The Kier molecular flexibility index (Phi) is 8.00. The fourth-order valence-electron chi connectivity index (χ4n) is 4.31. The van der Waals surface area contributed by atoms with Crippen LogP contribution in [0.5, 0.6) is 17.2 Å². The molecule has 0 N–H and O–H groups in total. The molecule has 1 atom stereocenters. The molecule has 0 amide bonds. The molecule has 5 aromatic rings. The molecular weight excluding hydrogens is 526 g/mol. The lowest BCUT2D eigenvalue weighted by molar-refractivity contribution is -0.150. The smallest absolute Gasteiger partial charge is 0.347 e. The van der Waals surface area contributed by atoms with Crippen molar-refractivity contribution in [1.29, 1.82) is 0 Å². The number of methoxy groups -OCH3 is 1. The standard InChI is InChI=1S/C31H29N3O7/c1-5-38-27-16-20(14-15-26(27)40-19(3)31(36)39-6-2)18-32-34-29(33-23-11-8-7-10-21(23)30(34)35)28-17-22-24(37-4)12-9-13-25(22)41-28/h7-19H,5-6H2,1-4H3/t19-/m1/s1. The third-order valence-electron chi connectivity index (χ3n) is 6.23. The van der Waals surface area contributed by atoms with Crippen molar-refractivity contribution in [3.8, 4) is 28.8 Å². The van der Waals surface area contributed by atoms with Gasteiger partial charge in [0.05, 0.1) is 42.8 Å². The molecule has 0 radical (unpaired) electrons. The summed E-state index contributed by atoms with van der Waals surface area (Å²) in [7, 11) is 1.58. The first kappa shape index (κ1) is 27.4. The molecule has 2 heterocycles. The van der Waals surface area contributed by atoms with E-state index >= 15 is 0 Å². The highest BCUT2D eigenvalue weighted by Crippen LogP contribution is 2.33. The van der Waals surface area contributed by atoms with Crippen molar-refractivity contribution in [1.82, 2.24) is 9.66 Å². The maximum atomic E-state index is 13.6. The number of furan rings is 1. The number of carbonyl (C=O) groups is 1. The lowest BCUT2D eigenvalue weighted by Gasteiger charge is -2.16. The third kappa shape index (κ3) is 5.62. The predicted molar refractivity (Wildman–Crippen MR) is 155 cm³/mol. The van der Waals surface area contributed by atoms with Gasteiger partial charge in [0.1, 0.15) is 11.3 Å². The van der Waals surface area contributed by atoms with Crippen LogP contribution in [0.2, 0.25) is 0 Å². The van der Waals surface area contributed by atoms with Gasteiger partial charge in [-0.2, -0.15) is 9.78 Å². The molecule has 0 spiro atoms. The normalized spacial score (nSPS) is 12.1. The number of benzene rings is 3. The van der Waals surface area contributed by atoms with E-state index in [1.807, 2.05) is 31.2 Å². The second-order valence-corrected chi connectivity index (χ2v) is 8.95. The zero-order valence-electron chi connectivity index (χ0n) is 23.1. The van der Waals surface area contributed by atoms with Crippen molar-refractivity contribution >= 4 is 34.1 Å². The topological polar surface area (TPSA) is 114 Å². The van der Waals surface area contributed by atoms with Crippen LogP contribution in [-0.2, 0) is 9.53 Å². The minimum absolute atomic E-state index is 0.233. The summed E-state index contributed by atoms with van der Waals surface area (Å²) in [6, 6.07) is 19.4. The van der Waals surface area contributed by atoms with Gasteiger partial charge < -0.3 is 23.4 Å². The molecule has 0 saturated heterocycles. The first-order valence-corrected chi connectivity index (χ1v) is 13.2. The van der Waals surface area contributed by atoms with E-state index in [9.17, 15) is 9.59 Å². The van der Waals surface area contributed by atoms with Crippen LogP contribution in [0.1, 0.15) is 26.3 Å². The molecule has 5 rings (SSSR count). The van der Waals surface area contributed by atoms with Crippen molar-refractivity contribution in [2.75, 3.05) is 20.3 Å². The van der Waals surface area contributed by atoms with Crippen LogP contribution in [-0.4, -0.2) is 48.3 Å². The minimum atomic E-state index is -0.819. The summed E-state index contributed by atoms with van der Waals surface area (Å²) in [4.78, 5) is 30.4. The van der Waals surface area contributed by atoms with Crippen molar-refractivity contribution in [3.63, 3.8) is 0 Å². The summed E-state index contributed by atoms with van der Waals surface area (Å²) >= 11 is 0. The van der Waals surface area contributed by atoms with Crippen LogP contribution in [0, 0.1) is 0 Å². The van der Waals surface area contributed by atoms with Crippen LogP contribution in [0.3, 0.4) is 0 Å². The van der Waals surface area contributed by atoms with Crippen molar-refractivity contribution in [2.45, 2.75) is 26.9 Å². The van der Waals surface area contributed by atoms with E-state index in [0.717, 1.165) is 5.39 Å². The number of aromatic nitrogens is 2. The van der Waals surface area contributed by atoms with Crippen LogP contribution < -0.4 is 19.8 Å². The Morgan fingerprint density at radius 3 is 2.61 bits per heavy atom. The fourth-order valence-corrected chi connectivity index (χ4v) is 4.31. The van der Waals surface area contributed by atoms with E-state index in [1.165, 1.54) is 10.9 Å². The van der Waals surface area contributed by atoms with Gasteiger partial charge in [-0.3, -0.25) is 4.79 Å². The number of nitrogens with zero attached hydrogens (tertiary/aromatic N) is 3. The van der Waals surface area contributed by atoms with Crippen LogP contribution >= 0.6 is 0 Å². The van der Waals surface area contributed by atoms with Crippen LogP contribution in [0.25, 0.3) is 33.5 Å². The van der Waals surface area contributed by atoms with Gasteiger partial charge in [-0.25, -0.2) is 9.78 Å². The Hall–Kier alpha value is -5.12. The van der Waals surface area contributed by atoms with Crippen molar-refractivity contribution in [3.05, 3.63) is 82.6 Å². The van der Waals surface area contributed by atoms with Crippen LogP contribution in [0.4, 0.5) is 0 Å². The average molecular weight is 556 g/mol. The zero-order valence-corrected chi connectivity index (χ0v) is 23.1. The highest BCUT2D eigenvalue weighted by atomic mass is 16.6. The van der Waals surface area contributed by atoms with E-state index < -0.39 is 12.1 Å². The average Bonchev–Trinajstić information content (AvgIpc) is 3.42. The lowest BCUT2D eigenvalue weighted by Crippen LogP contribution is -2.26. The summed E-state index contributed by atoms with van der Waals surface area (Å²) in [5.74, 6) is 1.55. The zero-order chi connectivity index (χ0) is 28.9. The summed E-state index contributed by atoms with van der Waals surface area (Å²) < 4.78 is 29.3. The Balaban J connectivity index is 1.57. The molecule has 0 aliphatic heterocycles. The number of ether oxygens (including phenoxy) is 4. The maximum Gasteiger partial charge on any atom is 0.347 e. The van der Waals surface area contributed by atoms with Gasteiger partial charge in [-0.1, -0.05) is 18.2 Å². The molecule has 0 saturated carbocycles. The second-order valence-electron chi connectivity index (χ2n) is 8.95. The minimum Gasteiger partial charge on any atom is -0.496 e. The summed E-state index contributed by atoms with van der Waals surface area (Å²) in [5, 5.41) is 5.67. The highest BCUT2D eigenvalue weighted by molar-refractivity contribution is 5.89. The van der Waals surface area contributed by atoms with Gasteiger partial charge in [0, 0.05) is 0 Å². The third-order valence-corrected chi connectivity index (χ3v) is 6.23. The van der Waals surface area contributed by atoms with Crippen molar-refractivity contribution < 1.29 is 28.2 Å². The molecule has 0 aliphatic carbocycles. The number of fused-ring (bicyclic) bond motifs is 2. The molecular formula is C31H29N3O7. The Labute approximate surface area is 235 Å². The van der Waals surface area contributed by atoms with Gasteiger partial charge in [0.15, 0.2) is 23.4 Å². The number of hydrogen-bond acceptors (Lipinski definition) is 9. The number of rotatable bonds is 10. The summed E-state index contributed by atoms with van der Waals surface area (Å²) in [6.45, 7) is 5.81. The summed E-state index contributed by atoms with van der Waals surface area (Å²) in [6.07, 6.45) is 0.701. The Morgan fingerprint density at radius 2 is 1.83 bits per heavy atom. The second kappa shape index (κ2) is 12.0. The van der Waals surface area contributed by atoms with E-state index in [0.29, 0.717) is 51.7 Å². The molecule has 3 aromatic carbocycles. The molecule has 10 heteroatoms. The monoisotopic (exact) mass is 555 g/mol.